The maximum absolute atomic E-state index is 11.6. The molecule has 0 aliphatic carbocycles. The Morgan fingerprint density at radius 3 is 2.83 bits per heavy atom. The van der Waals surface area contributed by atoms with Crippen LogP contribution in [0.15, 0.2) is 18.3 Å². The van der Waals surface area contributed by atoms with E-state index in [-0.39, 0.29) is 23.1 Å². The average molecular weight is 340 g/mol. The molecule has 126 valence electrons. The number of ether oxygens (including phenoxy) is 1. The summed E-state index contributed by atoms with van der Waals surface area (Å²) in [5, 5.41) is 12.4. The van der Waals surface area contributed by atoms with Gasteiger partial charge in [-0.25, -0.2) is 18.2 Å². The molecule has 0 radical (unpaired) electrons. The number of carbonyl (C=O) groups is 1. The fourth-order valence-electron chi connectivity index (χ4n) is 3.30. The van der Waals surface area contributed by atoms with E-state index in [4.69, 9.17) is 4.74 Å². The summed E-state index contributed by atoms with van der Waals surface area (Å²) in [6.07, 6.45) is 3.96. The van der Waals surface area contributed by atoms with Crippen LogP contribution in [-0.2, 0) is 14.6 Å². The zero-order chi connectivity index (χ0) is 16.5. The Morgan fingerprint density at radius 2 is 2.13 bits per heavy atom. The minimum absolute atomic E-state index is 0.0255. The highest BCUT2D eigenvalue weighted by atomic mass is 32.2. The summed E-state index contributed by atoms with van der Waals surface area (Å²) in [5.41, 5.74) is -0.279. The summed E-state index contributed by atoms with van der Waals surface area (Å²) in [7, 11) is -2.94. The molecule has 1 aromatic heterocycles. The van der Waals surface area contributed by atoms with Crippen molar-refractivity contribution in [3.05, 3.63) is 23.9 Å². The molecular weight excluding hydrogens is 320 g/mol. The lowest BCUT2D eigenvalue weighted by atomic mass is 9.85. The topological polar surface area (TPSA) is 106 Å². The number of hydrogen-bond donors (Lipinski definition) is 2. The highest BCUT2D eigenvalue weighted by Crippen LogP contribution is 2.36. The van der Waals surface area contributed by atoms with Crippen LogP contribution in [0.2, 0.25) is 0 Å². The van der Waals surface area contributed by atoms with E-state index in [0.717, 1.165) is 6.42 Å². The summed E-state index contributed by atoms with van der Waals surface area (Å²) in [6, 6.07) is 3.13. The Morgan fingerprint density at radius 1 is 1.39 bits per heavy atom. The largest absolute Gasteiger partial charge is 0.478 e. The molecule has 0 amide bonds. The molecule has 0 saturated carbocycles. The second kappa shape index (κ2) is 6.09. The number of sulfone groups is 1. The average Bonchev–Trinajstić information content (AvgIpc) is 2.52. The number of aromatic nitrogens is 1. The van der Waals surface area contributed by atoms with Crippen LogP contribution < -0.4 is 5.32 Å². The van der Waals surface area contributed by atoms with Gasteiger partial charge in [-0.15, -0.1) is 0 Å². The van der Waals surface area contributed by atoms with Crippen LogP contribution in [0.1, 0.15) is 36.0 Å². The molecule has 2 N–H and O–H groups in total. The Bertz CT molecular complexity index is 690. The van der Waals surface area contributed by atoms with E-state index < -0.39 is 21.4 Å². The van der Waals surface area contributed by atoms with Crippen LogP contribution in [0, 0.1) is 0 Å². The summed E-state index contributed by atoms with van der Waals surface area (Å²) in [5.74, 6) is -0.357. The summed E-state index contributed by atoms with van der Waals surface area (Å²) >= 11 is 0. The fourth-order valence-corrected chi connectivity index (χ4v) is 4.87. The second-order valence-electron chi connectivity index (χ2n) is 6.22. The van der Waals surface area contributed by atoms with Crippen LogP contribution in [0.5, 0.6) is 0 Å². The van der Waals surface area contributed by atoms with E-state index in [1.54, 1.807) is 12.3 Å². The number of hydrogen-bond acceptors (Lipinski definition) is 6. The van der Waals surface area contributed by atoms with Gasteiger partial charge in [0.05, 0.1) is 17.1 Å². The van der Waals surface area contributed by atoms with Gasteiger partial charge in [-0.3, -0.25) is 0 Å². The lowest BCUT2D eigenvalue weighted by Gasteiger charge is -2.43. The van der Waals surface area contributed by atoms with Gasteiger partial charge in [0.25, 0.3) is 0 Å². The third-order valence-electron chi connectivity index (χ3n) is 4.61. The maximum Gasteiger partial charge on any atom is 0.339 e. The van der Waals surface area contributed by atoms with Crippen LogP contribution >= 0.6 is 0 Å². The third-order valence-corrected chi connectivity index (χ3v) is 6.26. The van der Waals surface area contributed by atoms with Crippen LogP contribution in [0.3, 0.4) is 0 Å². The standard InChI is InChI=1S/C15H20N2O5S/c18-14(19)12-2-1-6-16-13(12)17-11-3-7-22-15(10-11)4-8-23(20,21)9-5-15/h1-2,6,11H,3-5,7-10H2,(H,16,17)(H,18,19). The molecule has 1 spiro atoms. The Kier molecular flexibility index (Phi) is 4.29. The molecule has 8 heteroatoms. The molecule has 7 nitrogen and oxygen atoms in total. The normalized spacial score (nSPS) is 25.8. The van der Waals surface area contributed by atoms with Crippen molar-refractivity contribution in [2.75, 3.05) is 23.4 Å². The summed E-state index contributed by atoms with van der Waals surface area (Å²) in [4.78, 5) is 15.4. The number of pyridine rings is 1. The van der Waals surface area contributed by atoms with E-state index in [2.05, 4.69) is 10.3 Å². The molecule has 1 aromatic rings. The number of rotatable bonds is 3. The van der Waals surface area contributed by atoms with Gasteiger partial charge >= 0.3 is 5.97 Å². The highest BCUT2D eigenvalue weighted by molar-refractivity contribution is 7.91. The lowest BCUT2D eigenvalue weighted by Crippen LogP contribution is -2.49. The maximum atomic E-state index is 11.6. The first-order chi connectivity index (χ1) is 10.9. The molecule has 23 heavy (non-hydrogen) atoms. The molecule has 0 aromatic carbocycles. The minimum atomic E-state index is -2.94. The van der Waals surface area contributed by atoms with Crippen molar-refractivity contribution in [2.45, 2.75) is 37.3 Å². The Hall–Kier alpha value is -1.67. The van der Waals surface area contributed by atoms with Crippen LogP contribution in [0.25, 0.3) is 0 Å². The molecule has 2 aliphatic heterocycles. The molecule has 1 atom stereocenters. The summed E-state index contributed by atoms with van der Waals surface area (Å²) in [6.45, 7) is 0.535. The van der Waals surface area contributed by atoms with Crippen molar-refractivity contribution in [1.82, 2.24) is 4.98 Å². The van der Waals surface area contributed by atoms with Gasteiger partial charge in [-0.2, -0.15) is 0 Å². The number of nitrogens with zero attached hydrogens (tertiary/aromatic N) is 1. The predicted molar refractivity (Wildman–Crippen MR) is 84.4 cm³/mol. The van der Waals surface area contributed by atoms with E-state index in [9.17, 15) is 18.3 Å². The first-order valence-electron chi connectivity index (χ1n) is 7.68. The van der Waals surface area contributed by atoms with E-state index >= 15 is 0 Å². The summed E-state index contributed by atoms with van der Waals surface area (Å²) < 4.78 is 29.1. The first kappa shape index (κ1) is 16.2. The molecule has 2 fully saturated rings. The second-order valence-corrected chi connectivity index (χ2v) is 8.53. The molecule has 3 rings (SSSR count). The number of aromatic carboxylic acids is 1. The van der Waals surface area contributed by atoms with Gasteiger partial charge in [-0.1, -0.05) is 0 Å². The number of carboxylic acid groups (broad SMARTS) is 1. The zero-order valence-corrected chi connectivity index (χ0v) is 13.5. The van der Waals surface area contributed by atoms with Gasteiger partial charge in [-0.05, 0) is 37.8 Å². The van der Waals surface area contributed by atoms with Crippen molar-refractivity contribution >= 4 is 21.6 Å². The van der Waals surface area contributed by atoms with Crippen molar-refractivity contribution in [3.63, 3.8) is 0 Å². The van der Waals surface area contributed by atoms with Crippen molar-refractivity contribution < 1.29 is 23.1 Å². The van der Waals surface area contributed by atoms with Gasteiger partial charge in [0.1, 0.15) is 11.4 Å². The SMILES string of the molecule is O=C(O)c1cccnc1NC1CCOC2(CCS(=O)(=O)CC2)C1. The zero-order valence-electron chi connectivity index (χ0n) is 12.7. The molecule has 3 heterocycles. The van der Waals surface area contributed by atoms with Crippen molar-refractivity contribution in [1.29, 1.82) is 0 Å². The third kappa shape index (κ3) is 3.64. The molecule has 1 unspecified atom stereocenters. The number of carboxylic acids is 1. The van der Waals surface area contributed by atoms with Crippen molar-refractivity contribution in [2.24, 2.45) is 0 Å². The highest BCUT2D eigenvalue weighted by Gasteiger charge is 2.42. The Balaban J connectivity index is 1.72. The molecule has 2 aliphatic rings. The van der Waals surface area contributed by atoms with Gasteiger partial charge in [0.15, 0.2) is 9.84 Å². The molecule has 0 bridgehead atoms. The van der Waals surface area contributed by atoms with Crippen molar-refractivity contribution in [3.8, 4) is 0 Å². The predicted octanol–water partition coefficient (Wildman–Crippen LogP) is 1.32. The van der Waals surface area contributed by atoms with Gasteiger partial charge in [0, 0.05) is 18.8 Å². The molecule has 2 saturated heterocycles. The first-order valence-corrected chi connectivity index (χ1v) is 9.51. The quantitative estimate of drug-likeness (QED) is 0.854. The van der Waals surface area contributed by atoms with Crippen LogP contribution in [-0.4, -0.2) is 54.2 Å². The van der Waals surface area contributed by atoms with E-state index in [1.165, 1.54) is 6.07 Å². The van der Waals surface area contributed by atoms with Crippen LogP contribution in [0.4, 0.5) is 5.82 Å². The molecular formula is C15H20N2O5S. The van der Waals surface area contributed by atoms with E-state index in [1.807, 2.05) is 0 Å². The van der Waals surface area contributed by atoms with Gasteiger partial charge < -0.3 is 15.2 Å². The number of anilines is 1. The van der Waals surface area contributed by atoms with Gasteiger partial charge in [0.2, 0.25) is 0 Å². The lowest BCUT2D eigenvalue weighted by molar-refractivity contribution is -0.0874. The number of nitrogens with one attached hydrogen (secondary N) is 1. The van der Waals surface area contributed by atoms with E-state index in [0.29, 0.717) is 31.7 Å². The monoisotopic (exact) mass is 340 g/mol. The smallest absolute Gasteiger partial charge is 0.339 e. The Labute approximate surface area is 135 Å². The minimum Gasteiger partial charge on any atom is -0.478 e. The fraction of sp³-hybridized carbons (Fsp3) is 0.600.